The minimum absolute atomic E-state index is 0.0683. The summed E-state index contributed by atoms with van der Waals surface area (Å²) in [4.78, 5) is 0. The highest BCUT2D eigenvalue weighted by Gasteiger charge is 2.47. The van der Waals surface area contributed by atoms with Crippen molar-refractivity contribution in [3.05, 3.63) is 0 Å². The molecule has 3 rings (SSSR count). The number of aliphatic hydroxyl groups excluding tert-OH is 1. The Kier molecular flexibility index (Phi) is 3.83. The van der Waals surface area contributed by atoms with E-state index in [4.69, 9.17) is 4.74 Å². The van der Waals surface area contributed by atoms with E-state index in [0.29, 0.717) is 32.1 Å². The molecule has 7 heteroatoms. The van der Waals surface area contributed by atoms with E-state index in [9.17, 15) is 13.5 Å². The number of hydrogen-bond acceptors (Lipinski definition) is 4. The molecule has 0 aromatic heterocycles. The van der Waals surface area contributed by atoms with Crippen molar-refractivity contribution in [1.82, 2.24) is 8.61 Å². The zero-order valence-corrected chi connectivity index (χ0v) is 12.9. The number of aliphatic hydroxyl groups is 1. The van der Waals surface area contributed by atoms with Gasteiger partial charge in [-0.05, 0) is 32.6 Å². The van der Waals surface area contributed by atoms with Crippen molar-refractivity contribution in [2.75, 3.05) is 26.2 Å². The van der Waals surface area contributed by atoms with Crippen LogP contribution in [-0.4, -0.2) is 66.6 Å². The molecule has 0 aromatic carbocycles. The smallest absolute Gasteiger partial charge is 0.282 e. The molecule has 2 aliphatic heterocycles. The molecule has 5 unspecified atom stereocenters. The average molecular weight is 304 g/mol. The molecule has 0 radical (unpaired) electrons. The molecule has 1 saturated carbocycles. The minimum Gasteiger partial charge on any atom is -0.393 e. The van der Waals surface area contributed by atoms with Crippen LogP contribution in [0.1, 0.15) is 26.7 Å². The van der Waals surface area contributed by atoms with Crippen molar-refractivity contribution in [3.63, 3.8) is 0 Å². The lowest BCUT2D eigenvalue weighted by atomic mass is 10.00. The number of rotatable bonds is 2. The van der Waals surface area contributed by atoms with E-state index in [0.717, 1.165) is 12.8 Å². The van der Waals surface area contributed by atoms with Crippen LogP contribution in [0.15, 0.2) is 0 Å². The molecule has 0 amide bonds. The first-order valence-corrected chi connectivity index (χ1v) is 8.86. The Labute approximate surface area is 120 Å². The fourth-order valence-electron chi connectivity index (χ4n) is 3.87. The maximum absolute atomic E-state index is 12.7. The van der Waals surface area contributed by atoms with Gasteiger partial charge in [0.2, 0.25) is 0 Å². The van der Waals surface area contributed by atoms with Gasteiger partial charge in [-0.15, -0.1) is 0 Å². The van der Waals surface area contributed by atoms with Gasteiger partial charge in [-0.3, -0.25) is 0 Å². The minimum atomic E-state index is -3.42. The van der Waals surface area contributed by atoms with E-state index in [2.05, 4.69) is 0 Å². The third-order valence-electron chi connectivity index (χ3n) is 4.82. The Hall–Kier alpha value is -0.210. The molecule has 1 N–H and O–H groups in total. The summed E-state index contributed by atoms with van der Waals surface area (Å²) in [6, 6.07) is 0. The Bertz CT molecular complexity index is 459. The molecule has 3 aliphatic rings. The molecule has 116 valence electrons. The molecule has 2 heterocycles. The van der Waals surface area contributed by atoms with Gasteiger partial charge < -0.3 is 9.84 Å². The standard InChI is InChI=1S/C13H24N2O4S/c1-9-5-14(6-10(2)19-9)20(17,18)15-7-11-3-4-13(16)12(11)8-15/h9-13,16H,3-8H2,1-2H3. The Morgan fingerprint density at radius 1 is 1.00 bits per heavy atom. The van der Waals surface area contributed by atoms with Crippen molar-refractivity contribution < 1.29 is 18.3 Å². The summed E-state index contributed by atoms with van der Waals surface area (Å²) in [7, 11) is -3.42. The number of fused-ring (bicyclic) bond motifs is 1. The van der Waals surface area contributed by atoms with E-state index in [1.165, 1.54) is 0 Å². The average Bonchev–Trinajstić information content (AvgIpc) is 2.91. The Morgan fingerprint density at radius 2 is 1.60 bits per heavy atom. The first kappa shape index (κ1) is 14.7. The van der Waals surface area contributed by atoms with Gasteiger partial charge >= 0.3 is 0 Å². The SMILES string of the molecule is CC1CN(S(=O)(=O)N2CC3CCC(O)C3C2)CC(C)O1. The monoisotopic (exact) mass is 304 g/mol. The molecule has 3 fully saturated rings. The second-order valence-corrected chi connectivity index (χ2v) is 8.40. The molecule has 0 aromatic rings. The van der Waals surface area contributed by atoms with Crippen molar-refractivity contribution in [2.45, 2.75) is 45.0 Å². The molecule has 1 aliphatic carbocycles. The van der Waals surface area contributed by atoms with Crippen LogP contribution < -0.4 is 0 Å². The van der Waals surface area contributed by atoms with Gasteiger partial charge in [0.05, 0.1) is 18.3 Å². The summed E-state index contributed by atoms with van der Waals surface area (Å²) >= 11 is 0. The van der Waals surface area contributed by atoms with Gasteiger partial charge in [0.25, 0.3) is 10.2 Å². The highest BCUT2D eigenvalue weighted by atomic mass is 32.2. The quantitative estimate of drug-likeness (QED) is 0.782. The molecule has 0 bridgehead atoms. The fraction of sp³-hybridized carbons (Fsp3) is 1.00. The van der Waals surface area contributed by atoms with E-state index < -0.39 is 10.2 Å². The van der Waals surface area contributed by atoms with Crippen LogP contribution in [0.4, 0.5) is 0 Å². The highest BCUT2D eigenvalue weighted by Crippen LogP contribution is 2.39. The van der Waals surface area contributed by atoms with Crippen molar-refractivity contribution in [1.29, 1.82) is 0 Å². The van der Waals surface area contributed by atoms with Crippen molar-refractivity contribution >= 4 is 10.2 Å². The van der Waals surface area contributed by atoms with E-state index in [1.54, 1.807) is 8.61 Å². The Balaban J connectivity index is 1.73. The topological polar surface area (TPSA) is 70.1 Å². The molecular weight excluding hydrogens is 280 g/mol. The van der Waals surface area contributed by atoms with Gasteiger partial charge in [0.15, 0.2) is 0 Å². The van der Waals surface area contributed by atoms with Crippen molar-refractivity contribution in [2.24, 2.45) is 11.8 Å². The first-order valence-electron chi connectivity index (χ1n) is 7.46. The second kappa shape index (κ2) is 5.21. The van der Waals surface area contributed by atoms with Crippen molar-refractivity contribution in [3.8, 4) is 0 Å². The van der Waals surface area contributed by atoms with E-state index >= 15 is 0 Å². The van der Waals surface area contributed by atoms with Crippen LogP contribution in [-0.2, 0) is 14.9 Å². The molecule has 6 nitrogen and oxygen atoms in total. The van der Waals surface area contributed by atoms with Gasteiger partial charge in [0, 0.05) is 32.1 Å². The number of hydrogen-bond donors (Lipinski definition) is 1. The molecule has 5 atom stereocenters. The summed E-state index contributed by atoms with van der Waals surface area (Å²) in [6.45, 7) is 5.67. The normalized spacial score (nSPS) is 43.9. The lowest BCUT2D eigenvalue weighted by Crippen LogP contribution is -2.52. The van der Waals surface area contributed by atoms with Gasteiger partial charge in [0.1, 0.15) is 0 Å². The van der Waals surface area contributed by atoms with Crippen LogP contribution >= 0.6 is 0 Å². The first-order chi connectivity index (χ1) is 9.38. The van der Waals surface area contributed by atoms with E-state index in [-0.39, 0.29) is 24.2 Å². The predicted octanol–water partition coefficient (Wildman–Crippen LogP) is 0.0431. The summed E-state index contributed by atoms with van der Waals surface area (Å²) < 4.78 is 34.2. The van der Waals surface area contributed by atoms with Crippen LogP contribution in [0.25, 0.3) is 0 Å². The van der Waals surface area contributed by atoms with Crippen LogP contribution in [0.3, 0.4) is 0 Å². The second-order valence-electron chi connectivity index (χ2n) is 6.47. The molecule has 0 spiro atoms. The zero-order valence-electron chi connectivity index (χ0n) is 12.1. The Morgan fingerprint density at radius 3 is 2.20 bits per heavy atom. The van der Waals surface area contributed by atoms with Gasteiger partial charge in [-0.25, -0.2) is 0 Å². The predicted molar refractivity (Wildman–Crippen MR) is 74.3 cm³/mol. The van der Waals surface area contributed by atoms with Crippen LogP contribution in [0.5, 0.6) is 0 Å². The van der Waals surface area contributed by atoms with Gasteiger partial charge in [-0.2, -0.15) is 17.0 Å². The molecular formula is C13H24N2O4S. The van der Waals surface area contributed by atoms with Gasteiger partial charge in [-0.1, -0.05) is 0 Å². The maximum Gasteiger partial charge on any atom is 0.282 e. The lowest BCUT2D eigenvalue weighted by molar-refractivity contribution is -0.0454. The summed E-state index contributed by atoms with van der Waals surface area (Å²) in [5.74, 6) is 0.455. The van der Waals surface area contributed by atoms with E-state index in [1.807, 2.05) is 13.8 Å². The number of nitrogens with zero attached hydrogens (tertiary/aromatic N) is 2. The maximum atomic E-state index is 12.7. The molecule has 20 heavy (non-hydrogen) atoms. The lowest BCUT2D eigenvalue weighted by Gasteiger charge is -2.36. The fourth-order valence-corrected chi connectivity index (χ4v) is 5.73. The third kappa shape index (κ3) is 2.50. The zero-order chi connectivity index (χ0) is 14.5. The number of ether oxygens (including phenoxy) is 1. The summed E-state index contributed by atoms with van der Waals surface area (Å²) in [5.41, 5.74) is 0. The highest BCUT2D eigenvalue weighted by molar-refractivity contribution is 7.86. The summed E-state index contributed by atoms with van der Waals surface area (Å²) in [6.07, 6.45) is 1.29. The summed E-state index contributed by atoms with van der Waals surface area (Å²) in [5, 5.41) is 9.92. The van der Waals surface area contributed by atoms with Crippen LogP contribution in [0.2, 0.25) is 0 Å². The van der Waals surface area contributed by atoms with Crippen LogP contribution in [0, 0.1) is 11.8 Å². The largest absolute Gasteiger partial charge is 0.393 e. The third-order valence-corrected chi connectivity index (χ3v) is 6.73. The number of morpholine rings is 1. The molecule has 2 saturated heterocycles.